The number of halogens is 1. The number of nitrogens with zero attached hydrogens (tertiary/aromatic N) is 1. The molecule has 0 aliphatic carbocycles. The first-order valence-electron chi connectivity index (χ1n) is 5.90. The fourth-order valence-corrected chi connectivity index (χ4v) is 2.99. The van der Waals surface area contributed by atoms with Gasteiger partial charge < -0.3 is 5.32 Å². The smallest absolute Gasteiger partial charge is 0.270 e. The average molecular weight is 284 g/mol. The molecule has 0 spiro atoms. The summed E-state index contributed by atoms with van der Waals surface area (Å²) in [6.07, 6.45) is 1.86. The SMILES string of the molecule is O=C(NC1CCCSC1)c1cc([N+](=O)[O-])ccc1F. The molecule has 1 heterocycles. The molecule has 1 aliphatic heterocycles. The summed E-state index contributed by atoms with van der Waals surface area (Å²) < 4.78 is 13.5. The Bertz CT molecular complexity index is 504. The van der Waals surface area contributed by atoms with Crippen LogP contribution in [0.3, 0.4) is 0 Å². The van der Waals surface area contributed by atoms with Gasteiger partial charge in [-0.2, -0.15) is 11.8 Å². The standard InChI is InChI=1S/C12H13FN2O3S/c13-11-4-3-9(15(17)18)6-10(11)12(16)14-8-2-1-5-19-7-8/h3-4,6,8H,1-2,5,7H2,(H,14,16). The molecule has 1 aromatic rings. The van der Waals surface area contributed by atoms with E-state index in [4.69, 9.17) is 0 Å². The number of amides is 1. The predicted molar refractivity (Wildman–Crippen MR) is 70.9 cm³/mol. The molecule has 2 rings (SSSR count). The quantitative estimate of drug-likeness (QED) is 0.683. The second-order valence-electron chi connectivity index (χ2n) is 4.31. The summed E-state index contributed by atoms with van der Waals surface area (Å²) in [4.78, 5) is 21.9. The molecule has 1 aromatic carbocycles. The third-order valence-corrected chi connectivity index (χ3v) is 4.12. The van der Waals surface area contributed by atoms with Gasteiger partial charge in [0.2, 0.25) is 0 Å². The lowest BCUT2D eigenvalue weighted by Crippen LogP contribution is -2.38. The molecule has 0 bridgehead atoms. The molecule has 1 saturated heterocycles. The van der Waals surface area contributed by atoms with E-state index in [0.717, 1.165) is 42.5 Å². The lowest BCUT2D eigenvalue weighted by molar-refractivity contribution is -0.384. The number of hydrogen-bond acceptors (Lipinski definition) is 4. The van der Waals surface area contributed by atoms with Gasteiger partial charge in [-0.15, -0.1) is 0 Å². The Morgan fingerprint density at radius 3 is 2.95 bits per heavy atom. The minimum absolute atomic E-state index is 0.00455. The fraction of sp³-hybridized carbons (Fsp3) is 0.417. The second-order valence-corrected chi connectivity index (χ2v) is 5.46. The van der Waals surface area contributed by atoms with Crippen molar-refractivity contribution in [1.82, 2.24) is 5.32 Å². The highest BCUT2D eigenvalue weighted by atomic mass is 32.2. The first-order valence-corrected chi connectivity index (χ1v) is 7.06. The summed E-state index contributed by atoms with van der Waals surface area (Å²) >= 11 is 1.74. The van der Waals surface area contributed by atoms with E-state index in [1.165, 1.54) is 0 Å². The van der Waals surface area contributed by atoms with Crippen LogP contribution in [0.1, 0.15) is 23.2 Å². The molecule has 1 unspecified atom stereocenters. The van der Waals surface area contributed by atoms with E-state index in [0.29, 0.717) is 0 Å². The number of carbonyl (C=O) groups is 1. The third kappa shape index (κ3) is 3.44. The van der Waals surface area contributed by atoms with E-state index in [-0.39, 0.29) is 17.3 Å². The monoisotopic (exact) mass is 284 g/mol. The van der Waals surface area contributed by atoms with Gasteiger partial charge in [0.1, 0.15) is 5.82 Å². The molecule has 102 valence electrons. The number of rotatable bonds is 3. The van der Waals surface area contributed by atoms with Crippen molar-refractivity contribution in [3.05, 3.63) is 39.7 Å². The number of nitro benzene ring substituents is 1. The van der Waals surface area contributed by atoms with Crippen LogP contribution in [0, 0.1) is 15.9 Å². The second kappa shape index (κ2) is 6.01. The average Bonchev–Trinajstić information content (AvgIpc) is 2.40. The molecule has 5 nitrogen and oxygen atoms in total. The minimum atomic E-state index is -0.744. The highest BCUT2D eigenvalue weighted by Gasteiger charge is 2.21. The van der Waals surface area contributed by atoms with E-state index in [9.17, 15) is 19.3 Å². The summed E-state index contributed by atoms with van der Waals surface area (Å²) in [6, 6.07) is 2.97. The lowest BCUT2D eigenvalue weighted by atomic mass is 10.1. The van der Waals surface area contributed by atoms with E-state index in [2.05, 4.69) is 5.32 Å². The molecule has 1 atom stereocenters. The molecular weight excluding hydrogens is 271 g/mol. The molecule has 7 heteroatoms. The number of nitrogens with one attached hydrogen (secondary N) is 1. The highest BCUT2D eigenvalue weighted by molar-refractivity contribution is 7.99. The maximum absolute atomic E-state index is 13.5. The normalized spacial score (nSPS) is 18.9. The molecule has 1 fully saturated rings. The largest absolute Gasteiger partial charge is 0.348 e. The van der Waals surface area contributed by atoms with Crippen molar-refractivity contribution >= 4 is 23.4 Å². The summed E-state index contributed by atoms with van der Waals surface area (Å²) in [5.74, 6) is 0.528. The molecular formula is C12H13FN2O3S. The van der Waals surface area contributed by atoms with Crippen molar-refractivity contribution < 1.29 is 14.1 Å². The summed E-state index contributed by atoms with van der Waals surface area (Å²) in [5, 5.41) is 13.3. The summed E-state index contributed by atoms with van der Waals surface area (Å²) in [6.45, 7) is 0. The van der Waals surface area contributed by atoms with Crippen molar-refractivity contribution in [2.24, 2.45) is 0 Å². The van der Waals surface area contributed by atoms with E-state index >= 15 is 0 Å². The number of non-ortho nitro benzene ring substituents is 1. The van der Waals surface area contributed by atoms with Crippen molar-refractivity contribution in [3.8, 4) is 0 Å². The Morgan fingerprint density at radius 2 is 2.32 bits per heavy atom. The molecule has 19 heavy (non-hydrogen) atoms. The van der Waals surface area contributed by atoms with Crippen LogP contribution in [0.25, 0.3) is 0 Å². The Labute approximate surface area is 113 Å². The summed E-state index contributed by atoms with van der Waals surface area (Å²) in [5.41, 5.74) is -0.561. The molecule has 1 N–H and O–H groups in total. The first-order chi connectivity index (χ1) is 9.08. The van der Waals surface area contributed by atoms with Crippen LogP contribution in [-0.2, 0) is 0 Å². The van der Waals surface area contributed by atoms with Gasteiger partial charge in [-0.3, -0.25) is 14.9 Å². The van der Waals surface area contributed by atoms with Crippen molar-refractivity contribution in [1.29, 1.82) is 0 Å². The van der Waals surface area contributed by atoms with E-state index in [1.807, 2.05) is 0 Å². The lowest BCUT2D eigenvalue weighted by Gasteiger charge is -2.22. The highest BCUT2D eigenvalue weighted by Crippen LogP contribution is 2.19. The van der Waals surface area contributed by atoms with Crippen LogP contribution in [0.15, 0.2) is 18.2 Å². The van der Waals surface area contributed by atoms with Gasteiger partial charge in [0, 0.05) is 23.9 Å². The number of hydrogen-bond donors (Lipinski definition) is 1. The number of thioether (sulfide) groups is 1. The zero-order chi connectivity index (χ0) is 13.8. The van der Waals surface area contributed by atoms with Crippen LogP contribution in [0.4, 0.5) is 10.1 Å². The number of benzene rings is 1. The Morgan fingerprint density at radius 1 is 1.53 bits per heavy atom. The Hall–Kier alpha value is -1.63. The molecule has 0 aromatic heterocycles. The van der Waals surface area contributed by atoms with E-state index in [1.54, 1.807) is 11.8 Å². The number of carbonyl (C=O) groups excluding carboxylic acids is 1. The zero-order valence-electron chi connectivity index (χ0n) is 10.1. The predicted octanol–water partition coefficient (Wildman–Crippen LogP) is 2.36. The van der Waals surface area contributed by atoms with Crippen molar-refractivity contribution in [2.45, 2.75) is 18.9 Å². The topological polar surface area (TPSA) is 72.2 Å². The van der Waals surface area contributed by atoms with Crippen LogP contribution in [0.2, 0.25) is 0 Å². The van der Waals surface area contributed by atoms with Gasteiger partial charge >= 0.3 is 0 Å². The number of nitro groups is 1. The van der Waals surface area contributed by atoms with Crippen molar-refractivity contribution in [2.75, 3.05) is 11.5 Å². The van der Waals surface area contributed by atoms with Crippen molar-refractivity contribution in [3.63, 3.8) is 0 Å². The van der Waals surface area contributed by atoms with Gasteiger partial charge in [-0.05, 0) is 24.7 Å². The van der Waals surface area contributed by atoms with Crippen LogP contribution in [0.5, 0.6) is 0 Å². The van der Waals surface area contributed by atoms with Crippen LogP contribution >= 0.6 is 11.8 Å². The minimum Gasteiger partial charge on any atom is -0.348 e. The first kappa shape index (κ1) is 13.8. The van der Waals surface area contributed by atoms with E-state index < -0.39 is 16.6 Å². The maximum Gasteiger partial charge on any atom is 0.270 e. The van der Waals surface area contributed by atoms with Gasteiger partial charge in [0.15, 0.2) is 0 Å². The molecule has 0 saturated carbocycles. The van der Waals surface area contributed by atoms with Gasteiger partial charge in [-0.25, -0.2) is 4.39 Å². The van der Waals surface area contributed by atoms with Gasteiger partial charge in [0.05, 0.1) is 10.5 Å². The fourth-order valence-electron chi connectivity index (χ4n) is 1.92. The Balaban J connectivity index is 2.13. The van der Waals surface area contributed by atoms with Crippen LogP contribution < -0.4 is 5.32 Å². The zero-order valence-corrected chi connectivity index (χ0v) is 10.9. The molecule has 1 aliphatic rings. The Kier molecular flexibility index (Phi) is 4.36. The summed E-state index contributed by atoms with van der Waals surface area (Å²) in [7, 11) is 0. The van der Waals surface area contributed by atoms with Gasteiger partial charge in [-0.1, -0.05) is 0 Å². The third-order valence-electron chi connectivity index (χ3n) is 2.90. The molecule has 1 amide bonds. The molecule has 0 radical (unpaired) electrons. The maximum atomic E-state index is 13.5. The van der Waals surface area contributed by atoms with Crippen LogP contribution in [-0.4, -0.2) is 28.4 Å². The van der Waals surface area contributed by atoms with Gasteiger partial charge in [0.25, 0.3) is 11.6 Å².